The van der Waals surface area contributed by atoms with E-state index >= 15 is 0 Å². The molecule has 37 heavy (non-hydrogen) atoms. The fraction of sp³-hybridized carbons (Fsp3) is 0.148. The van der Waals surface area contributed by atoms with Gasteiger partial charge in [0.15, 0.2) is 11.5 Å². The number of nitrogens with zero attached hydrogens (tertiary/aromatic N) is 3. The van der Waals surface area contributed by atoms with Crippen molar-refractivity contribution in [2.24, 2.45) is 0 Å². The maximum absolute atomic E-state index is 12.4. The number of carbonyl (C=O) groups excluding carboxylic acids is 1. The minimum absolute atomic E-state index is 0.0499. The predicted octanol–water partition coefficient (Wildman–Crippen LogP) is 4.56. The Morgan fingerprint density at radius 2 is 1.65 bits per heavy atom. The number of imidazole rings is 1. The Morgan fingerprint density at radius 1 is 0.946 bits per heavy atom. The molecule has 9 nitrogen and oxygen atoms in total. The predicted molar refractivity (Wildman–Crippen MR) is 145 cm³/mol. The zero-order valence-electron chi connectivity index (χ0n) is 20.0. The summed E-state index contributed by atoms with van der Waals surface area (Å²) in [7, 11) is -3.35. The van der Waals surface area contributed by atoms with Crippen LogP contribution in [0.3, 0.4) is 0 Å². The van der Waals surface area contributed by atoms with E-state index in [9.17, 15) is 13.2 Å². The third-order valence-electron chi connectivity index (χ3n) is 6.13. The molecule has 0 radical (unpaired) electrons. The van der Waals surface area contributed by atoms with Crippen LogP contribution >= 0.6 is 0 Å². The smallest absolute Gasteiger partial charge is 0.251 e. The van der Waals surface area contributed by atoms with Crippen LogP contribution in [0.25, 0.3) is 27.9 Å². The molecule has 0 spiro atoms. The van der Waals surface area contributed by atoms with Crippen molar-refractivity contribution in [3.63, 3.8) is 0 Å². The van der Waals surface area contributed by atoms with Gasteiger partial charge in [-0.3, -0.25) is 13.9 Å². The SMILES string of the molecule is CS(=O)(=O)Nc1ccc(Nc2nc3ccccc3n3c(-c4ccc(C(=O)NC5CC5)cc4)cnc23)cc1. The summed E-state index contributed by atoms with van der Waals surface area (Å²) in [4.78, 5) is 21.9. The molecule has 1 amide bonds. The van der Waals surface area contributed by atoms with E-state index in [1.54, 1.807) is 30.5 Å². The number of amides is 1. The molecule has 0 bridgehead atoms. The van der Waals surface area contributed by atoms with Crippen LogP contribution in [0.4, 0.5) is 17.2 Å². The zero-order valence-corrected chi connectivity index (χ0v) is 20.8. The Bertz CT molecular complexity index is 1740. The second-order valence-corrected chi connectivity index (χ2v) is 10.9. The lowest BCUT2D eigenvalue weighted by Gasteiger charge is -2.12. The van der Waals surface area contributed by atoms with Gasteiger partial charge in [0.2, 0.25) is 10.0 Å². The molecular formula is C27H24N6O3S. The van der Waals surface area contributed by atoms with Crippen LogP contribution < -0.4 is 15.4 Å². The molecule has 1 aliphatic rings. The van der Waals surface area contributed by atoms with Crippen molar-refractivity contribution in [3.8, 4) is 11.3 Å². The van der Waals surface area contributed by atoms with Gasteiger partial charge >= 0.3 is 0 Å². The van der Waals surface area contributed by atoms with Crippen molar-refractivity contribution in [2.75, 3.05) is 16.3 Å². The molecule has 3 N–H and O–H groups in total. The molecule has 0 aliphatic heterocycles. The number of benzene rings is 3. The number of sulfonamides is 1. The van der Waals surface area contributed by atoms with Gasteiger partial charge < -0.3 is 10.6 Å². The van der Waals surface area contributed by atoms with Crippen LogP contribution in [0.1, 0.15) is 23.2 Å². The van der Waals surface area contributed by atoms with E-state index in [0.29, 0.717) is 28.8 Å². The number of hydrogen-bond donors (Lipinski definition) is 3. The van der Waals surface area contributed by atoms with Crippen LogP contribution in [0.5, 0.6) is 0 Å². The summed E-state index contributed by atoms with van der Waals surface area (Å²) in [5.41, 5.74) is 5.97. The van der Waals surface area contributed by atoms with Crippen molar-refractivity contribution in [2.45, 2.75) is 18.9 Å². The van der Waals surface area contributed by atoms with Gasteiger partial charge in [-0.2, -0.15) is 0 Å². The molecule has 186 valence electrons. The lowest BCUT2D eigenvalue weighted by Crippen LogP contribution is -2.25. The Balaban J connectivity index is 1.37. The molecule has 10 heteroatoms. The number of fused-ring (bicyclic) bond motifs is 3. The van der Waals surface area contributed by atoms with Gasteiger partial charge in [0, 0.05) is 28.5 Å². The number of carbonyl (C=O) groups is 1. The minimum atomic E-state index is -3.35. The van der Waals surface area contributed by atoms with Crippen LogP contribution in [-0.4, -0.2) is 41.0 Å². The highest BCUT2D eigenvalue weighted by Crippen LogP contribution is 2.30. The molecule has 5 aromatic rings. The number of hydrogen-bond acceptors (Lipinski definition) is 6. The molecule has 0 unspecified atom stereocenters. The minimum Gasteiger partial charge on any atom is -0.349 e. The molecule has 2 heterocycles. The first kappa shape index (κ1) is 23.0. The molecule has 1 saturated carbocycles. The lowest BCUT2D eigenvalue weighted by molar-refractivity contribution is 0.0951. The number of aromatic nitrogens is 3. The number of anilines is 3. The van der Waals surface area contributed by atoms with E-state index in [-0.39, 0.29) is 5.91 Å². The van der Waals surface area contributed by atoms with E-state index < -0.39 is 10.0 Å². The standard InChI is InChI=1S/C27H24N6O3S/c1-37(35,36)32-21-14-12-19(13-15-21)29-25-26-28-16-24(33(26)23-5-3-2-4-22(23)31-25)17-6-8-18(9-7-17)27(34)30-20-10-11-20/h2-9,12-16,20,32H,10-11H2,1H3,(H,29,31)(H,30,34). The molecule has 1 fully saturated rings. The second kappa shape index (κ2) is 8.90. The first-order valence-electron chi connectivity index (χ1n) is 11.9. The number of rotatable bonds is 7. The molecule has 0 saturated heterocycles. The summed E-state index contributed by atoms with van der Waals surface area (Å²) >= 11 is 0. The second-order valence-electron chi connectivity index (χ2n) is 9.15. The maximum Gasteiger partial charge on any atom is 0.251 e. The summed E-state index contributed by atoms with van der Waals surface area (Å²) in [5.74, 6) is 0.514. The average Bonchev–Trinajstić information content (AvgIpc) is 3.58. The van der Waals surface area contributed by atoms with Gasteiger partial charge in [-0.25, -0.2) is 18.4 Å². The third kappa shape index (κ3) is 4.83. The highest BCUT2D eigenvalue weighted by Gasteiger charge is 2.24. The van der Waals surface area contributed by atoms with E-state index in [0.717, 1.165) is 47.1 Å². The van der Waals surface area contributed by atoms with Crippen LogP contribution in [0.15, 0.2) is 79.0 Å². The van der Waals surface area contributed by atoms with Crippen molar-refractivity contribution < 1.29 is 13.2 Å². The van der Waals surface area contributed by atoms with Crippen molar-refractivity contribution in [1.82, 2.24) is 19.7 Å². The lowest BCUT2D eigenvalue weighted by atomic mass is 10.1. The summed E-state index contributed by atoms with van der Waals surface area (Å²) in [5, 5.41) is 6.33. The average molecular weight is 513 g/mol. The highest BCUT2D eigenvalue weighted by atomic mass is 32.2. The zero-order chi connectivity index (χ0) is 25.6. The van der Waals surface area contributed by atoms with Gasteiger partial charge in [-0.1, -0.05) is 24.3 Å². The van der Waals surface area contributed by atoms with Crippen molar-refractivity contribution in [1.29, 1.82) is 0 Å². The molecule has 1 aliphatic carbocycles. The summed E-state index contributed by atoms with van der Waals surface area (Å²) < 4.78 is 27.5. The van der Waals surface area contributed by atoms with E-state index in [1.165, 1.54) is 0 Å². The summed E-state index contributed by atoms with van der Waals surface area (Å²) in [6, 6.07) is 22.6. The Kier molecular flexibility index (Phi) is 5.53. The van der Waals surface area contributed by atoms with Crippen LogP contribution in [-0.2, 0) is 10.0 Å². The quantitative estimate of drug-likeness (QED) is 0.294. The Labute approximate surface area is 213 Å². The first-order valence-corrected chi connectivity index (χ1v) is 13.8. The van der Waals surface area contributed by atoms with E-state index in [1.807, 2.05) is 52.9 Å². The van der Waals surface area contributed by atoms with E-state index in [4.69, 9.17) is 4.98 Å². The largest absolute Gasteiger partial charge is 0.349 e. The summed E-state index contributed by atoms with van der Waals surface area (Å²) in [6.07, 6.45) is 5.00. The molecule has 2 aromatic heterocycles. The topological polar surface area (TPSA) is 117 Å². The molecule has 0 atom stereocenters. The van der Waals surface area contributed by atoms with Gasteiger partial charge in [0.1, 0.15) is 0 Å². The monoisotopic (exact) mass is 512 g/mol. The van der Waals surface area contributed by atoms with Crippen molar-refractivity contribution >= 4 is 49.8 Å². The Morgan fingerprint density at radius 3 is 2.35 bits per heavy atom. The van der Waals surface area contributed by atoms with Crippen LogP contribution in [0, 0.1) is 0 Å². The maximum atomic E-state index is 12.4. The molecule has 3 aromatic carbocycles. The normalized spacial score (nSPS) is 13.5. The summed E-state index contributed by atoms with van der Waals surface area (Å²) in [6.45, 7) is 0. The van der Waals surface area contributed by atoms with Gasteiger partial charge in [0.25, 0.3) is 5.91 Å². The number of nitrogens with one attached hydrogen (secondary N) is 3. The van der Waals surface area contributed by atoms with Gasteiger partial charge in [0.05, 0.1) is 29.2 Å². The van der Waals surface area contributed by atoms with Gasteiger partial charge in [-0.15, -0.1) is 0 Å². The first-order chi connectivity index (χ1) is 17.8. The fourth-order valence-corrected chi connectivity index (χ4v) is 4.79. The Hall–Kier alpha value is -4.44. The fourth-order valence-electron chi connectivity index (χ4n) is 4.23. The highest BCUT2D eigenvalue weighted by molar-refractivity contribution is 7.92. The van der Waals surface area contributed by atoms with E-state index in [2.05, 4.69) is 20.3 Å². The molecular weight excluding hydrogens is 488 g/mol. The van der Waals surface area contributed by atoms with Crippen LogP contribution in [0.2, 0.25) is 0 Å². The van der Waals surface area contributed by atoms with Crippen molar-refractivity contribution in [3.05, 3.63) is 84.6 Å². The van der Waals surface area contributed by atoms with Gasteiger partial charge in [-0.05, 0) is 61.4 Å². The molecule has 6 rings (SSSR count). The third-order valence-corrected chi connectivity index (χ3v) is 6.74. The number of para-hydroxylation sites is 2.